The van der Waals surface area contributed by atoms with Crippen LogP contribution in [-0.4, -0.2) is 35.2 Å². The molecule has 3 heterocycles. The van der Waals surface area contributed by atoms with Crippen LogP contribution in [0, 0.1) is 18.8 Å². The maximum Gasteiger partial charge on any atom is 0.250 e. The SMILES string of the molecule is Cc1cc(Cl)cc2c1NC(=O)C21NC(Cc2ccccc2)C2C(=O)N(CCc3ccccc3)C(=O)C21. The number of benzene rings is 3. The van der Waals surface area contributed by atoms with Crippen LogP contribution in [0.5, 0.6) is 0 Å². The lowest BCUT2D eigenvalue weighted by Crippen LogP contribution is -2.53. The van der Waals surface area contributed by atoms with Crippen LogP contribution >= 0.6 is 11.6 Å². The monoisotopic (exact) mass is 499 g/mol. The van der Waals surface area contributed by atoms with E-state index in [0.29, 0.717) is 29.1 Å². The van der Waals surface area contributed by atoms with E-state index in [0.717, 1.165) is 16.7 Å². The summed E-state index contributed by atoms with van der Waals surface area (Å²) in [5, 5.41) is 6.97. The van der Waals surface area contributed by atoms with Crippen molar-refractivity contribution in [1.29, 1.82) is 0 Å². The first-order chi connectivity index (χ1) is 17.4. The van der Waals surface area contributed by atoms with Gasteiger partial charge >= 0.3 is 0 Å². The second kappa shape index (κ2) is 8.57. The van der Waals surface area contributed by atoms with Crippen LogP contribution < -0.4 is 10.6 Å². The first-order valence-electron chi connectivity index (χ1n) is 12.2. The average molecular weight is 500 g/mol. The van der Waals surface area contributed by atoms with Crippen molar-refractivity contribution in [3.05, 3.63) is 100 Å². The van der Waals surface area contributed by atoms with Crippen LogP contribution in [0.4, 0.5) is 5.69 Å². The molecule has 0 aliphatic carbocycles. The van der Waals surface area contributed by atoms with Gasteiger partial charge in [0.1, 0.15) is 5.54 Å². The molecular formula is C29H26ClN3O3. The number of amides is 3. The molecule has 2 saturated heterocycles. The van der Waals surface area contributed by atoms with Crippen molar-refractivity contribution >= 4 is 35.0 Å². The fourth-order valence-corrected chi connectivity index (χ4v) is 6.51. The third-order valence-electron chi connectivity index (χ3n) is 7.84. The van der Waals surface area contributed by atoms with Crippen molar-refractivity contribution < 1.29 is 14.4 Å². The van der Waals surface area contributed by atoms with E-state index in [4.69, 9.17) is 11.6 Å². The lowest BCUT2D eigenvalue weighted by atomic mass is 9.76. The Morgan fingerprint density at radius 1 is 0.917 bits per heavy atom. The zero-order chi connectivity index (χ0) is 25.0. The van der Waals surface area contributed by atoms with Gasteiger partial charge in [-0.2, -0.15) is 0 Å². The Bertz CT molecular complexity index is 1380. The molecular weight excluding hydrogens is 474 g/mol. The van der Waals surface area contributed by atoms with Crippen LogP contribution in [0.3, 0.4) is 0 Å². The Kier molecular flexibility index (Phi) is 5.47. The summed E-state index contributed by atoms with van der Waals surface area (Å²) in [5.41, 5.74) is 2.88. The number of hydrogen-bond acceptors (Lipinski definition) is 4. The number of fused-ring (bicyclic) bond motifs is 4. The molecule has 3 aliphatic rings. The highest BCUT2D eigenvalue weighted by molar-refractivity contribution is 6.31. The molecule has 6 rings (SSSR count). The van der Waals surface area contributed by atoms with Crippen LogP contribution in [0.25, 0.3) is 0 Å². The van der Waals surface area contributed by atoms with Crippen molar-refractivity contribution in [2.24, 2.45) is 11.8 Å². The molecule has 3 aromatic carbocycles. The second-order valence-electron chi connectivity index (χ2n) is 9.92. The topological polar surface area (TPSA) is 78.5 Å². The second-order valence-corrected chi connectivity index (χ2v) is 10.4. The molecule has 0 radical (unpaired) electrons. The first-order valence-corrected chi connectivity index (χ1v) is 12.6. The van der Waals surface area contributed by atoms with E-state index >= 15 is 0 Å². The van der Waals surface area contributed by atoms with E-state index in [1.807, 2.05) is 67.6 Å². The number of nitrogens with zero attached hydrogens (tertiary/aromatic N) is 1. The van der Waals surface area contributed by atoms with E-state index < -0.39 is 17.4 Å². The number of aryl methyl sites for hydroxylation is 1. The van der Waals surface area contributed by atoms with Gasteiger partial charge in [0.05, 0.1) is 11.8 Å². The molecule has 3 amide bonds. The molecule has 3 aliphatic heterocycles. The van der Waals surface area contributed by atoms with Crippen LogP contribution in [0.1, 0.15) is 22.3 Å². The molecule has 6 nitrogen and oxygen atoms in total. The predicted octanol–water partition coefficient (Wildman–Crippen LogP) is 3.85. The molecule has 0 saturated carbocycles. The number of rotatable bonds is 5. The molecule has 0 bridgehead atoms. The summed E-state index contributed by atoms with van der Waals surface area (Å²) < 4.78 is 0. The van der Waals surface area contributed by atoms with E-state index in [-0.39, 0.29) is 30.3 Å². The molecule has 4 atom stereocenters. The minimum Gasteiger partial charge on any atom is -0.324 e. The molecule has 2 N–H and O–H groups in total. The van der Waals surface area contributed by atoms with Crippen LogP contribution in [0.15, 0.2) is 72.8 Å². The number of likely N-dealkylation sites (tertiary alicyclic amines) is 1. The molecule has 1 spiro atoms. The van der Waals surface area contributed by atoms with Crippen molar-refractivity contribution in [2.45, 2.75) is 31.3 Å². The summed E-state index contributed by atoms with van der Waals surface area (Å²) in [6.45, 7) is 2.16. The number of anilines is 1. The number of carbonyl (C=O) groups excluding carboxylic acids is 3. The van der Waals surface area contributed by atoms with Gasteiger partial charge in [-0.3, -0.25) is 24.6 Å². The van der Waals surface area contributed by atoms with E-state index in [2.05, 4.69) is 10.6 Å². The molecule has 182 valence electrons. The van der Waals surface area contributed by atoms with Gasteiger partial charge in [-0.1, -0.05) is 72.3 Å². The molecule has 0 aromatic heterocycles. The normalized spacial score (nSPS) is 26.4. The van der Waals surface area contributed by atoms with Gasteiger partial charge in [0, 0.05) is 28.9 Å². The molecule has 7 heteroatoms. The average Bonchev–Trinajstić information content (AvgIpc) is 3.44. The quantitative estimate of drug-likeness (QED) is 0.523. The highest BCUT2D eigenvalue weighted by Crippen LogP contribution is 2.54. The lowest BCUT2D eigenvalue weighted by Gasteiger charge is -2.29. The maximum absolute atomic E-state index is 14.0. The van der Waals surface area contributed by atoms with E-state index in [1.165, 1.54) is 4.90 Å². The zero-order valence-electron chi connectivity index (χ0n) is 19.8. The van der Waals surface area contributed by atoms with Gasteiger partial charge in [-0.05, 0) is 48.6 Å². The fraction of sp³-hybridized carbons (Fsp3) is 0.276. The number of hydrogen-bond donors (Lipinski definition) is 2. The molecule has 36 heavy (non-hydrogen) atoms. The Morgan fingerprint density at radius 3 is 2.28 bits per heavy atom. The third-order valence-corrected chi connectivity index (χ3v) is 8.06. The van der Waals surface area contributed by atoms with Crippen molar-refractivity contribution in [3.8, 4) is 0 Å². The summed E-state index contributed by atoms with van der Waals surface area (Å²) in [6, 6.07) is 22.8. The zero-order valence-corrected chi connectivity index (χ0v) is 20.6. The lowest BCUT2D eigenvalue weighted by molar-refractivity contribution is -0.142. The van der Waals surface area contributed by atoms with Gasteiger partial charge in [-0.25, -0.2) is 0 Å². The summed E-state index contributed by atoms with van der Waals surface area (Å²) >= 11 is 6.43. The number of imide groups is 1. The molecule has 4 unspecified atom stereocenters. The Labute approximate surface area is 214 Å². The van der Waals surface area contributed by atoms with Crippen molar-refractivity contribution in [2.75, 3.05) is 11.9 Å². The fourth-order valence-electron chi connectivity index (χ4n) is 6.24. The minimum atomic E-state index is -1.34. The predicted molar refractivity (Wildman–Crippen MR) is 137 cm³/mol. The van der Waals surface area contributed by atoms with Crippen LogP contribution in [0.2, 0.25) is 5.02 Å². The summed E-state index contributed by atoms with van der Waals surface area (Å²) in [5.74, 6) is -2.31. The number of nitrogens with one attached hydrogen (secondary N) is 2. The Balaban J connectivity index is 1.42. The summed E-state index contributed by atoms with van der Waals surface area (Å²) in [6.07, 6.45) is 1.09. The minimum absolute atomic E-state index is 0.216. The summed E-state index contributed by atoms with van der Waals surface area (Å²) in [4.78, 5) is 42.8. The highest BCUT2D eigenvalue weighted by atomic mass is 35.5. The maximum atomic E-state index is 14.0. The first kappa shape index (κ1) is 23.0. The van der Waals surface area contributed by atoms with Gasteiger partial charge in [0.2, 0.25) is 17.7 Å². The summed E-state index contributed by atoms with van der Waals surface area (Å²) in [7, 11) is 0. The number of carbonyl (C=O) groups is 3. The van der Waals surface area contributed by atoms with Crippen molar-refractivity contribution in [3.63, 3.8) is 0 Å². The third kappa shape index (κ3) is 3.39. The van der Waals surface area contributed by atoms with Gasteiger partial charge in [-0.15, -0.1) is 0 Å². The van der Waals surface area contributed by atoms with Gasteiger partial charge in [0.15, 0.2) is 0 Å². The standard InChI is InChI=1S/C29H26ClN3O3/c1-17-14-20(30)16-21-25(17)31-28(36)29(21)24-23(22(32-29)15-19-10-6-3-7-11-19)26(34)33(27(24)35)13-12-18-8-4-2-5-9-18/h2-11,14,16,22-24,32H,12-13,15H2,1H3,(H,31,36). The van der Waals surface area contributed by atoms with Gasteiger partial charge in [0.25, 0.3) is 0 Å². The largest absolute Gasteiger partial charge is 0.324 e. The van der Waals surface area contributed by atoms with Gasteiger partial charge < -0.3 is 5.32 Å². The Hall–Kier alpha value is -3.48. The molecule has 3 aromatic rings. The van der Waals surface area contributed by atoms with Crippen LogP contribution in [-0.2, 0) is 32.8 Å². The Morgan fingerprint density at radius 2 is 1.58 bits per heavy atom. The molecule has 2 fully saturated rings. The highest BCUT2D eigenvalue weighted by Gasteiger charge is 2.70. The smallest absolute Gasteiger partial charge is 0.250 e. The van der Waals surface area contributed by atoms with E-state index in [1.54, 1.807) is 12.1 Å². The van der Waals surface area contributed by atoms with E-state index in [9.17, 15) is 14.4 Å². The number of halogens is 1. The van der Waals surface area contributed by atoms with Crippen molar-refractivity contribution in [1.82, 2.24) is 10.2 Å².